The molecule has 5 rings (SSSR count). The molecular weight excluding hydrogens is 635 g/mol. The van der Waals surface area contributed by atoms with Crippen molar-refractivity contribution < 1.29 is 37.6 Å². The van der Waals surface area contributed by atoms with Gasteiger partial charge < -0.3 is 33.4 Å². The smallest absolute Gasteiger partial charge is 0.460 e. The summed E-state index contributed by atoms with van der Waals surface area (Å²) in [6.07, 6.45) is 0.789. The fourth-order valence-corrected chi connectivity index (χ4v) is 9.29. The largest absolute Gasteiger partial charge is 0.483 e. The molecule has 1 aromatic heterocycles. The molecule has 0 spiro atoms. The molecule has 4 fully saturated rings. The lowest BCUT2D eigenvalue weighted by molar-refractivity contribution is -0.199. The molecule has 6 atom stereocenters. The molecule has 1 aliphatic heterocycles. The predicted molar refractivity (Wildman–Crippen MR) is 187 cm³/mol. The van der Waals surface area contributed by atoms with Crippen LogP contribution in [0.1, 0.15) is 86.5 Å². The first-order valence-corrected chi connectivity index (χ1v) is 20.7. The van der Waals surface area contributed by atoms with E-state index in [0.29, 0.717) is 11.8 Å². The fraction of sp³-hybridized carbons (Fsp3) is 0.794. The summed E-state index contributed by atoms with van der Waals surface area (Å²) in [4.78, 5) is 42.4. The maximum Gasteiger partial charge on any atom is 0.483 e. The van der Waals surface area contributed by atoms with Crippen LogP contribution in [0.4, 0.5) is 4.79 Å². The van der Waals surface area contributed by atoms with Crippen LogP contribution in [0.3, 0.4) is 0 Å². The molecule has 2 heterocycles. The Morgan fingerprint density at radius 1 is 1.13 bits per heavy atom. The average Bonchev–Trinajstić information content (AvgIpc) is 3.56. The van der Waals surface area contributed by atoms with E-state index in [-0.39, 0.29) is 48.4 Å². The van der Waals surface area contributed by atoms with Crippen LogP contribution in [-0.4, -0.2) is 87.9 Å². The lowest BCUT2D eigenvalue weighted by atomic mass is 9.43. The number of rotatable bonds is 12. The van der Waals surface area contributed by atoms with Crippen molar-refractivity contribution in [2.24, 2.45) is 17.3 Å². The van der Waals surface area contributed by atoms with Crippen molar-refractivity contribution in [2.75, 3.05) is 20.2 Å². The fourth-order valence-electron chi connectivity index (χ4n) is 7.24. The number of methoxy groups -OCH3 is 1. The summed E-state index contributed by atoms with van der Waals surface area (Å²) in [6, 6.07) is 3.84. The molecule has 3 aliphatic carbocycles. The van der Waals surface area contributed by atoms with Gasteiger partial charge in [-0.15, -0.1) is 11.3 Å². The van der Waals surface area contributed by atoms with Crippen LogP contribution < -0.4 is 5.32 Å². The van der Waals surface area contributed by atoms with Crippen LogP contribution in [0.25, 0.3) is 0 Å². The number of carbonyl (C=O) groups excluding carboxylic acids is 3. The van der Waals surface area contributed by atoms with E-state index >= 15 is 0 Å². The molecule has 2 amide bonds. The molecule has 1 saturated heterocycles. The summed E-state index contributed by atoms with van der Waals surface area (Å²) in [6.45, 7) is 22.9. The van der Waals surface area contributed by atoms with E-state index in [1.807, 2.05) is 38.3 Å². The van der Waals surface area contributed by atoms with Crippen LogP contribution in [0.15, 0.2) is 17.5 Å². The third kappa shape index (κ3) is 8.63. The number of hydrogen-bond donors (Lipinski definition) is 1. The highest BCUT2D eigenvalue weighted by Gasteiger charge is 2.68. The van der Waals surface area contributed by atoms with E-state index < -0.39 is 50.7 Å². The molecular formula is C34H57BN2O8SSi. The van der Waals surface area contributed by atoms with E-state index in [4.69, 9.17) is 23.2 Å². The monoisotopic (exact) mass is 692 g/mol. The van der Waals surface area contributed by atoms with Crippen molar-refractivity contribution in [3.05, 3.63) is 22.4 Å². The molecule has 0 aromatic carbocycles. The highest BCUT2D eigenvalue weighted by Crippen LogP contribution is 2.65. The quantitative estimate of drug-likeness (QED) is 0.203. The van der Waals surface area contributed by atoms with Crippen molar-refractivity contribution in [1.29, 1.82) is 0 Å². The molecule has 1 aromatic rings. The van der Waals surface area contributed by atoms with E-state index in [1.165, 1.54) is 23.3 Å². The maximum atomic E-state index is 13.4. The van der Waals surface area contributed by atoms with Crippen molar-refractivity contribution in [1.82, 2.24) is 10.2 Å². The Labute approximate surface area is 287 Å². The van der Waals surface area contributed by atoms with Crippen LogP contribution >= 0.6 is 11.3 Å². The Bertz CT molecular complexity index is 1280. The normalized spacial score (nSPS) is 26.5. The van der Waals surface area contributed by atoms with E-state index in [2.05, 4.69) is 60.0 Å². The van der Waals surface area contributed by atoms with Crippen molar-refractivity contribution >= 4 is 44.7 Å². The van der Waals surface area contributed by atoms with Crippen molar-refractivity contribution in [3.8, 4) is 0 Å². The number of hydrogen-bond acceptors (Lipinski definition) is 9. The second kappa shape index (κ2) is 13.8. The van der Waals surface area contributed by atoms with Gasteiger partial charge in [-0.1, -0.05) is 40.7 Å². The Kier molecular flexibility index (Phi) is 11.1. The summed E-state index contributed by atoms with van der Waals surface area (Å²) in [5, 5.41) is 4.94. The first-order valence-electron chi connectivity index (χ1n) is 16.9. The molecule has 13 heteroatoms. The van der Waals surface area contributed by atoms with Crippen molar-refractivity contribution in [2.45, 2.75) is 135 Å². The lowest BCUT2D eigenvalue weighted by Gasteiger charge is -2.64. The minimum Gasteiger partial charge on any atom is -0.460 e. The standard InChI is InChI=1S/C34H57BN2O8SSi/c1-31(2,3)42-29(39)18-23(44-47(11,12)32(4,5)6)20-37(30(40)41-10)21-27(36-28(38)19-24-14-13-15-46-24)35-43-26-17-22-16-25(33(22,7)8)34(26,9)45-35/h13-15,22-23,25-27H,16-21H2,1-12H3,(H,36,38)/t22-,23?,25-,26+,27-,34-/m0/s1. The van der Waals surface area contributed by atoms with E-state index in [0.717, 1.165) is 17.7 Å². The zero-order chi connectivity index (χ0) is 35.2. The van der Waals surface area contributed by atoms with Gasteiger partial charge in [0.05, 0.1) is 43.7 Å². The summed E-state index contributed by atoms with van der Waals surface area (Å²) >= 11 is 1.51. The van der Waals surface area contributed by atoms with Gasteiger partial charge in [-0.2, -0.15) is 0 Å². The van der Waals surface area contributed by atoms with Crippen LogP contribution in [0.5, 0.6) is 0 Å². The zero-order valence-corrected chi connectivity index (χ0v) is 32.4. The van der Waals surface area contributed by atoms with Crippen LogP contribution in [0, 0.1) is 17.3 Å². The molecule has 2 bridgehead atoms. The summed E-state index contributed by atoms with van der Waals surface area (Å²) in [5.74, 6) is -0.402. The van der Waals surface area contributed by atoms with E-state index in [9.17, 15) is 14.4 Å². The minimum absolute atomic E-state index is 0.0403. The van der Waals surface area contributed by atoms with Gasteiger partial charge in [-0.25, -0.2) is 4.79 Å². The summed E-state index contributed by atoms with van der Waals surface area (Å²) in [5.41, 5.74) is -1.02. The van der Waals surface area contributed by atoms with Gasteiger partial charge in [0, 0.05) is 18.0 Å². The highest BCUT2D eigenvalue weighted by molar-refractivity contribution is 7.10. The van der Waals surface area contributed by atoms with E-state index in [1.54, 1.807) is 0 Å². The number of ether oxygens (including phenoxy) is 2. The van der Waals surface area contributed by atoms with Gasteiger partial charge in [0.25, 0.3) is 0 Å². The number of esters is 1. The van der Waals surface area contributed by atoms with Gasteiger partial charge in [0.2, 0.25) is 5.91 Å². The Balaban J connectivity index is 1.61. The number of amides is 2. The SMILES string of the molecule is COC(=O)N(CC(CC(=O)OC(C)(C)C)O[Si](C)(C)C(C)(C)C)C[C@H](NC(=O)Cc1cccs1)B1O[C@@H]2C[C@@H]3C[C@@H](C3(C)C)[C@]2(C)O1. The number of nitrogens with one attached hydrogen (secondary N) is 1. The first kappa shape index (κ1) is 37.9. The summed E-state index contributed by atoms with van der Waals surface area (Å²) in [7, 11) is -1.83. The van der Waals surface area contributed by atoms with Gasteiger partial charge in [-0.05, 0) is 87.4 Å². The molecule has 0 radical (unpaired) electrons. The zero-order valence-electron chi connectivity index (χ0n) is 30.6. The molecule has 1 unspecified atom stereocenters. The highest BCUT2D eigenvalue weighted by atomic mass is 32.1. The van der Waals surface area contributed by atoms with Crippen LogP contribution in [0.2, 0.25) is 18.1 Å². The third-order valence-electron chi connectivity index (χ3n) is 10.9. The van der Waals surface area contributed by atoms with Gasteiger partial charge in [0.1, 0.15) is 5.60 Å². The first-order chi connectivity index (χ1) is 21.6. The number of nitrogens with zero attached hydrogens (tertiary/aromatic N) is 1. The van der Waals surface area contributed by atoms with Gasteiger partial charge in [0.15, 0.2) is 8.32 Å². The Morgan fingerprint density at radius 3 is 2.36 bits per heavy atom. The van der Waals surface area contributed by atoms with Crippen molar-refractivity contribution in [3.63, 3.8) is 0 Å². The lowest BCUT2D eigenvalue weighted by Crippen LogP contribution is -2.65. The molecule has 47 heavy (non-hydrogen) atoms. The Hall–Kier alpha value is -1.93. The van der Waals surface area contributed by atoms with Gasteiger partial charge in [-0.3, -0.25) is 9.59 Å². The minimum atomic E-state index is -2.39. The number of thiophene rings is 1. The third-order valence-corrected chi connectivity index (χ3v) is 16.3. The molecule has 1 N–H and O–H groups in total. The number of carbonyl (C=O) groups is 3. The maximum absolute atomic E-state index is 13.4. The molecule has 264 valence electrons. The Morgan fingerprint density at radius 2 is 1.81 bits per heavy atom. The molecule has 4 aliphatic rings. The topological polar surface area (TPSA) is 113 Å². The second-order valence-corrected chi connectivity index (χ2v) is 22.7. The predicted octanol–water partition coefficient (Wildman–Crippen LogP) is 6.23. The average molecular weight is 693 g/mol. The second-order valence-electron chi connectivity index (χ2n) is 16.9. The molecule has 3 saturated carbocycles. The van der Waals surface area contributed by atoms with Gasteiger partial charge >= 0.3 is 19.2 Å². The summed E-state index contributed by atoms with van der Waals surface area (Å²) < 4.78 is 31.1. The molecule has 10 nitrogen and oxygen atoms in total. The van der Waals surface area contributed by atoms with Crippen LogP contribution in [-0.2, 0) is 39.2 Å².